The first-order valence-corrected chi connectivity index (χ1v) is 4.83. The number of carbonyl (C=O) groups is 2. The van der Waals surface area contributed by atoms with Crippen LogP contribution in [0.4, 0.5) is 0 Å². The number of carboxylic acid groups (broad SMARTS) is 1. The first-order chi connectivity index (χ1) is 7.07. The second kappa shape index (κ2) is 7.79. The highest BCUT2D eigenvalue weighted by molar-refractivity contribution is 5.87. The Morgan fingerprint density at radius 1 is 1.40 bits per heavy atom. The summed E-state index contributed by atoms with van der Waals surface area (Å²) in [5.41, 5.74) is 0.174. The number of unbranched alkanes of at least 4 members (excludes halogenated alkanes) is 1. The minimum Gasteiger partial charge on any atom is -0.478 e. The Hall–Kier alpha value is -1.58. The molecule has 0 aromatic heterocycles. The molecule has 15 heavy (non-hydrogen) atoms. The van der Waals surface area contributed by atoms with E-state index >= 15 is 0 Å². The molecule has 0 unspecified atom stereocenters. The fraction of sp³-hybridized carbons (Fsp3) is 0.455. The lowest BCUT2D eigenvalue weighted by Crippen LogP contribution is -2.01. The van der Waals surface area contributed by atoms with Gasteiger partial charge in [0.1, 0.15) is 0 Å². The van der Waals surface area contributed by atoms with Crippen molar-refractivity contribution in [2.75, 3.05) is 6.61 Å². The topological polar surface area (TPSA) is 63.6 Å². The summed E-state index contributed by atoms with van der Waals surface area (Å²) in [6.45, 7) is 3.86. The number of carboxylic acids is 1. The van der Waals surface area contributed by atoms with Crippen molar-refractivity contribution in [2.45, 2.75) is 26.7 Å². The average molecular weight is 212 g/mol. The van der Waals surface area contributed by atoms with Crippen LogP contribution in [0.2, 0.25) is 0 Å². The van der Waals surface area contributed by atoms with Crippen LogP contribution in [0.3, 0.4) is 0 Å². The molecule has 0 aromatic rings. The molecule has 0 rings (SSSR count). The van der Waals surface area contributed by atoms with Gasteiger partial charge in [0, 0.05) is 11.6 Å². The molecule has 0 spiro atoms. The van der Waals surface area contributed by atoms with Gasteiger partial charge in [0.25, 0.3) is 0 Å². The summed E-state index contributed by atoms with van der Waals surface area (Å²) >= 11 is 0. The maximum Gasteiger partial charge on any atom is 0.331 e. The Balaban J connectivity index is 3.91. The van der Waals surface area contributed by atoms with Gasteiger partial charge < -0.3 is 9.84 Å². The molecule has 0 aliphatic heterocycles. The van der Waals surface area contributed by atoms with Gasteiger partial charge in [-0.2, -0.15) is 0 Å². The lowest BCUT2D eigenvalue weighted by atomic mass is 10.3. The Kier molecular flexibility index (Phi) is 6.97. The molecule has 4 nitrogen and oxygen atoms in total. The van der Waals surface area contributed by atoms with E-state index < -0.39 is 11.9 Å². The number of allylic oxidation sites excluding steroid dienone is 2. The van der Waals surface area contributed by atoms with Crippen molar-refractivity contribution in [2.24, 2.45) is 0 Å². The third kappa shape index (κ3) is 7.49. The van der Waals surface area contributed by atoms with Crippen LogP contribution < -0.4 is 0 Å². The fourth-order valence-corrected chi connectivity index (χ4v) is 0.708. The van der Waals surface area contributed by atoms with Crippen LogP contribution in [0.25, 0.3) is 0 Å². The Labute approximate surface area is 89.2 Å². The monoisotopic (exact) mass is 212 g/mol. The third-order valence-electron chi connectivity index (χ3n) is 1.66. The minimum atomic E-state index is -1.00. The van der Waals surface area contributed by atoms with Crippen molar-refractivity contribution in [3.63, 3.8) is 0 Å². The molecule has 0 radical (unpaired) electrons. The average Bonchev–Trinajstić information content (AvgIpc) is 2.18. The van der Waals surface area contributed by atoms with Crippen molar-refractivity contribution in [1.29, 1.82) is 0 Å². The number of hydrogen-bond donors (Lipinski definition) is 1. The molecule has 0 saturated carbocycles. The van der Waals surface area contributed by atoms with Crippen molar-refractivity contribution in [3.8, 4) is 0 Å². The molecule has 0 atom stereocenters. The molecule has 84 valence electrons. The zero-order valence-electron chi connectivity index (χ0n) is 9.03. The maximum absolute atomic E-state index is 11.0. The summed E-state index contributed by atoms with van der Waals surface area (Å²) in [5.74, 6) is -1.45. The molecular weight excluding hydrogens is 196 g/mol. The van der Waals surface area contributed by atoms with E-state index in [1.807, 2.05) is 6.92 Å². The standard InChI is InChI=1S/C11H16O4/c1-3-4-8-15-10(12)7-5-6-9(2)11(13)14/h5-7H,3-4,8H2,1-2H3,(H,13,14). The highest BCUT2D eigenvalue weighted by atomic mass is 16.5. The van der Waals surface area contributed by atoms with Gasteiger partial charge in [-0.05, 0) is 13.3 Å². The van der Waals surface area contributed by atoms with Crippen LogP contribution in [0.15, 0.2) is 23.8 Å². The smallest absolute Gasteiger partial charge is 0.331 e. The number of esters is 1. The van der Waals surface area contributed by atoms with Crippen molar-refractivity contribution in [3.05, 3.63) is 23.8 Å². The SMILES string of the molecule is CCCCOC(=O)C=CC=C(C)C(=O)O. The minimum absolute atomic E-state index is 0.174. The lowest BCUT2D eigenvalue weighted by molar-refractivity contribution is -0.138. The van der Waals surface area contributed by atoms with Crippen molar-refractivity contribution in [1.82, 2.24) is 0 Å². The van der Waals surface area contributed by atoms with Crippen molar-refractivity contribution >= 4 is 11.9 Å². The van der Waals surface area contributed by atoms with E-state index in [1.165, 1.54) is 25.2 Å². The van der Waals surface area contributed by atoms with Gasteiger partial charge in [0.05, 0.1) is 6.61 Å². The first-order valence-electron chi connectivity index (χ1n) is 4.83. The van der Waals surface area contributed by atoms with Gasteiger partial charge >= 0.3 is 11.9 Å². The molecule has 0 amide bonds. The van der Waals surface area contributed by atoms with E-state index in [4.69, 9.17) is 9.84 Å². The summed E-state index contributed by atoms with van der Waals surface area (Å²) in [4.78, 5) is 21.4. The third-order valence-corrected chi connectivity index (χ3v) is 1.66. The predicted molar refractivity (Wildman–Crippen MR) is 56.4 cm³/mol. The molecule has 0 aliphatic carbocycles. The van der Waals surface area contributed by atoms with Crippen LogP contribution in [-0.4, -0.2) is 23.7 Å². The van der Waals surface area contributed by atoms with Gasteiger partial charge in [-0.1, -0.05) is 25.5 Å². The van der Waals surface area contributed by atoms with Crippen LogP contribution >= 0.6 is 0 Å². The molecule has 0 bridgehead atoms. The summed E-state index contributed by atoms with van der Waals surface area (Å²) in [7, 11) is 0. The van der Waals surface area contributed by atoms with E-state index in [0.717, 1.165) is 12.8 Å². The molecule has 0 aromatic carbocycles. The number of hydrogen-bond acceptors (Lipinski definition) is 3. The second-order valence-corrected chi connectivity index (χ2v) is 3.03. The van der Waals surface area contributed by atoms with Crippen LogP contribution in [0, 0.1) is 0 Å². The molecule has 0 heterocycles. The Morgan fingerprint density at radius 3 is 2.60 bits per heavy atom. The van der Waals surface area contributed by atoms with Crippen LogP contribution in [-0.2, 0) is 14.3 Å². The second-order valence-electron chi connectivity index (χ2n) is 3.03. The maximum atomic E-state index is 11.0. The summed E-state index contributed by atoms with van der Waals surface area (Å²) in [5, 5.41) is 8.50. The van der Waals surface area contributed by atoms with E-state index in [1.54, 1.807) is 0 Å². The molecule has 0 fully saturated rings. The summed E-state index contributed by atoms with van der Waals surface area (Å²) < 4.78 is 4.82. The van der Waals surface area contributed by atoms with E-state index in [9.17, 15) is 9.59 Å². The summed E-state index contributed by atoms with van der Waals surface area (Å²) in [6, 6.07) is 0. The Bertz CT molecular complexity index is 276. The fourth-order valence-electron chi connectivity index (χ4n) is 0.708. The zero-order valence-corrected chi connectivity index (χ0v) is 9.03. The molecular formula is C11H16O4. The normalized spacial score (nSPS) is 11.7. The molecule has 0 aliphatic rings. The molecule has 0 saturated heterocycles. The van der Waals surface area contributed by atoms with Crippen molar-refractivity contribution < 1.29 is 19.4 Å². The predicted octanol–water partition coefficient (Wildman–Crippen LogP) is 1.92. The van der Waals surface area contributed by atoms with Gasteiger partial charge in [-0.3, -0.25) is 0 Å². The van der Waals surface area contributed by atoms with Crippen LogP contribution in [0.1, 0.15) is 26.7 Å². The van der Waals surface area contributed by atoms with Crippen LogP contribution in [0.5, 0.6) is 0 Å². The van der Waals surface area contributed by atoms with Gasteiger partial charge in [-0.15, -0.1) is 0 Å². The molecule has 4 heteroatoms. The van der Waals surface area contributed by atoms with Gasteiger partial charge in [-0.25, -0.2) is 9.59 Å². The number of ether oxygens (including phenoxy) is 1. The number of carbonyl (C=O) groups excluding carboxylic acids is 1. The van der Waals surface area contributed by atoms with Gasteiger partial charge in [0.2, 0.25) is 0 Å². The van der Waals surface area contributed by atoms with E-state index in [0.29, 0.717) is 6.61 Å². The highest BCUT2D eigenvalue weighted by Crippen LogP contribution is 1.94. The lowest BCUT2D eigenvalue weighted by Gasteiger charge is -1.98. The quantitative estimate of drug-likeness (QED) is 0.316. The zero-order chi connectivity index (χ0) is 11.7. The largest absolute Gasteiger partial charge is 0.478 e. The number of aliphatic carboxylic acids is 1. The van der Waals surface area contributed by atoms with E-state index in [-0.39, 0.29) is 5.57 Å². The van der Waals surface area contributed by atoms with Gasteiger partial charge in [0.15, 0.2) is 0 Å². The molecule has 1 N–H and O–H groups in total. The number of rotatable bonds is 6. The summed E-state index contributed by atoms with van der Waals surface area (Å²) in [6.07, 6.45) is 5.74. The Morgan fingerprint density at radius 2 is 2.07 bits per heavy atom. The van der Waals surface area contributed by atoms with E-state index in [2.05, 4.69) is 0 Å². The first kappa shape index (κ1) is 13.4. The highest BCUT2D eigenvalue weighted by Gasteiger charge is 1.97.